The first kappa shape index (κ1) is 17.3. The Morgan fingerprint density at radius 1 is 1.42 bits per heavy atom. The SMILES string of the molecule is O=C(NCC(c1cccc(F)c1)N1CCOCC1)C1CCCNC1. The van der Waals surface area contributed by atoms with Gasteiger partial charge >= 0.3 is 0 Å². The average Bonchev–Trinajstić information content (AvgIpc) is 2.63. The summed E-state index contributed by atoms with van der Waals surface area (Å²) in [4.78, 5) is 14.7. The van der Waals surface area contributed by atoms with E-state index < -0.39 is 0 Å². The molecule has 2 aliphatic rings. The summed E-state index contributed by atoms with van der Waals surface area (Å²) in [5, 5.41) is 6.35. The van der Waals surface area contributed by atoms with Crippen LogP contribution in [-0.2, 0) is 9.53 Å². The first-order valence-corrected chi connectivity index (χ1v) is 8.80. The summed E-state index contributed by atoms with van der Waals surface area (Å²) in [5.41, 5.74) is 0.902. The summed E-state index contributed by atoms with van der Waals surface area (Å²) in [6.45, 7) is 5.17. The highest BCUT2D eigenvalue weighted by molar-refractivity contribution is 5.79. The van der Waals surface area contributed by atoms with E-state index in [-0.39, 0.29) is 23.7 Å². The van der Waals surface area contributed by atoms with Gasteiger partial charge in [-0.3, -0.25) is 9.69 Å². The lowest BCUT2D eigenvalue weighted by atomic mass is 9.98. The molecule has 1 amide bonds. The highest BCUT2D eigenvalue weighted by Gasteiger charge is 2.26. The Bertz CT molecular complexity index is 543. The van der Waals surface area contributed by atoms with Crippen molar-refractivity contribution in [3.05, 3.63) is 35.6 Å². The van der Waals surface area contributed by atoms with Crippen molar-refractivity contribution < 1.29 is 13.9 Å². The molecule has 1 aromatic carbocycles. The van der Waals surface area contributed by atoms with E-state index in [2.05, 4.69) is 15.5 Å². The molecule has 0 bridgehead atoms. The quantitative estimate of drug-likeness (QED) is 0.852. The van der Waals surface area contributed by atoms with Gasteiger partial charge in [-0.1, -0.05) is 12.1 Å². The van der Waals surface area contributed by atoms with Crippen LogP contribution >= 0.6 is 0 Å². The third-order valence-corrected chi connectivity index (χ3v) is 4.86. The maximum absolute atomic E-state index is 13.6. The lowest BCUT2D eigenvalue weighted by Crippen LogP contribution is -2.46. The van der Waals surface area contributed by atoms with E-state index in [1.807, 2.05) is 6.07 Å². The summed E-state index contributed by atoms with van der Waals surface area (Å²) in [6.07, 6.45) is 1.97. The monoisotopic (exact) mass is 335 g/mol. The minimum atomic E-state index is -0.242. The molecule has 0 spiro atoms. The number of amides is 1. The fourth-order valence-electron chi connectivity index (χ4n) is 3.48. The molecule has 24 heavy (non-hydrogen) atoms. The molecule has 0 aliphatic carbocycles. The Kier molecular flexibility index (Phi) is 6.18. The fraction of sp³-hybridized carbons (Fsp3) is 0.611. The van der Waals surface area contributed by atoms with Crippen molar-refractivity contribution in [2.75, 3.05) is 45.9 Å². The van der Waals surface area contributed by atoms with Crippen LogP contribution in [0.25, 0.3) is 0 Å². The third-order valence-electron chi connectivity index (χ3n) is 4.86. The van der Waals surface area contributed by atoms with E-state index in [0.717, 1.165) is 44.6 Å². The van der Waals surface area contributed by atoms with Crippen LogP contribution in [0.4, 0.5) is 4.39 Å². The number of rotatable bonds is 5. The van der Waals surface area contributed by atoms with Crippen LogP contribution in [0, 0.1) is 11.7 Å². The number of piperidine rings is 1. The van der Waals surface area contributed by atoms with Crippen molar-refractivity contribution in [3.63, 3.8) is 0 Å². The molecular weight excluding hydrogens is 309 g/mol. The van der Waals surface area contributed by atoms with Gasteiger partial charge in [0.1, 0.15) is 5.82 Å². The largest absolute Gasteiger partial charge is 0.379 e. The van der Waals surface area contributed by atoms with Crippen molar-refractivity contribution in [2.24, 2.45) is 5.92 Å². The van der Waals surface area contributed by atoms with Gasteiger partial charge in [-0.15, -0.1) is 0 Å². The zero-order chi connectivity index (χ0) is 16.8. The van der Waals surface area contributed by atoms with Crippen molar-refractivity contribution in [2.45, 2.75) is 18.9 Å². The zero-order valence-electron chi connectivity index (χ0n) is 14.0. The summed E-state index contributed by atoms with van der Waals surface area (Å²) in [6, 6.07) is 6.65. The lowest BCUT2D eigenvalue weighted by molar-refractivity contribution is -0.125. The van der Waals surface area contributed by atoms with Crippen LogP contribution in [0.2, 0.25) is 0 Å². The standard InChI is InChI=1S/C18H26FN3O2/c19-16-5-1-3-14(11-16)17(22-7-9-24-10-8-22)13-21-18(23)15-4-2-6-20-12-15/h1,3,5,11,15,17,20H,2,4,6-10,12-13H2,(H,21,23). The zero-order valence-corrected chi connectivity index (χ0v) is 14.0. The number of halogens is 1. The molecular formula is C18H26FN3O2. The first-order valence-electron chi connectivity index (χ1n) is 8.80. The molecule has 6 heteroatoms. The number of hydrogen-bond acceptors (Lipinski definition) is 4. The first-order chi connectivity index (χ1) is 11.7. The molecule has 1 aromatic rings. The Morgan fingerprint density at radius 3 is 2.96 bits per heavy atom. The van der Waals surface area contributed by atoms with Crippen LogP contribution in [0.3, 0.4) is 0 Å². The second-order valence-electron chi connectivity index (χ2n) is 6.51. The molecule has 0 saturated carbocycles. The molecule has 2 aliphatic heterocycles. The molecule has 132 valence electrons. The van der Waals surface area contributed by atoms with E-state index in [9.17, 15) is 9.18 Å². The van der Waals surface area contributed by atoms with Crippen molar-refractivity contribution >= 4 is 5.91 Å². The summed E-state index contributed by atoms with van der Waals surface area (Å²) < 4.78 is 19.1. The Morgan fingerprint density at radius 2 is 2.25 bits per heavy atom. The molecule has 5 nitrogen and oxygen atoms in total. The number of nitrogens with zero attached hydrogens (tertiary/aromatic N) is 1. The van der Waals surface area contributed by atoms with Gasteiger partial charge in [-0.05, 0) is 37.1 Å². The highest BCUT2D eigenvalue weighted by Crippen LogP contribution is 2.22. The fourth-order valence-corrected chi connectivity index (χ4v) is 3.48. The van der Waals surface area contributed by atoms with E-state index >= 15 is 0 Å². The van der Waals surface area contributed by atoms with E-state index in [1.54, 1.807) is 12.1 Å². The Hall–Kier alpha value is -1.50. The molecule has 0 radical (unpaired) electrons. The van der Waals surface area contributed by atoms with Gasteiger partial charge in [0.25, 0.3) is 0 Å². The highest BCUT2D eigenvalue weighted by atomic mass is 19.1. The molecule has 2 heterocycles. The number of hydrogen-bond donors (Lipinski definition) is 2. The van der Waals surface area contributed by atoms with Crippen LogP contribution in [0.5, 0.6) is 0 Å². The normalized spacial score (nSPS) is 23.6. The third kappa shape index (κ3) is 4.53. The van der Waals surface area contributed by atoms with Crippen LogP contribution in [0.1, 0.15) is 24.4 Å². The summed E-state index contributed by atoms with van der Waals surface area (Å²) in [7, 11) is 0. The number of carbonyl (C=O) groups excluding carboxylic acids is 1. The van der Waals surface area contributed by atoms with Crippen LogP contribution in [0.15, 0.2) is 24.3 Å². The molecule has 0 aromatic heterocycles. The van der Waals surface area contributed by atoms with Gasteiger partial charge in [-0.2, -0.15) is 0 Å². The number of carbonyl (C=O) groups is 1. The average molecular weight is 335 g/mol. The molecule has 2 fully saturated rings. The second kappa shape index (κ2) is 8.55. The van der Waals surface area contributed by atoms with E-state index in [4.69, 9.17) is 4.74 Å². The van der Waals surface area contributed by atoms with Gasteiger partial charge in [0, 0.05) is 26.2 Å². The second-order valence-corrected chi connectivity index (χ2v) is 6.51. The molecule has 2 unspecified atom stereocenters. The number of benzene rings is 1. The van der Waals surface area contributed by atoms with Crippen molar-refractivity contribution in [1.82, 2.24) is 15.5 Å². The number of morpholine rings is 1. The topological polar surface area (TPSA) is 53.6 Å². The number of nitrogens with one attached hydrogen (secondary N) is 2. The minimum absolute atomic E-state index is 0.0231. The minimum Gasteiger partial charge on any atom is -0.379 e. The maximum atomic E-state index is 13.6. The van der Waals surface area contributed by atoms with Crippen LogP contribution < -0.4 is 10.6 Å². The lowest BCUT2D eigenvalue weighted by Gasteiger charge is -2.35. The van der Waals surface area contributed by atoms with E-state index in [0.29, 0.717) is 19.8 Å². The Balaban J connectivity index is 1.66. The predicted octanol–water partition coefficient (Wildman–Crippen LogP) is 1.31. The van der Waals surface area contributed by atoms with Gasteiger partial charge in [-0.25, -0.2) is 4.39 Å². The molecule has 2 saturated heterocycles. The predicted molar refractivity (Wildman–Crippen MR) is 90.1 cm³/mol. The van der Waals surface area contributed by atoms with Gasteiger partial charge in [0.05, 0.1) is 25.2 Å². The smallest absolute Gasteiger partial charge is 0.224 e. The van der Waals surface area contributed by atoms with Crippen molar-refractivity contribution in [3.8, 4) is 0 Å². The molecule has 3 rings (SSSR count). The number of ether oxygens (including phenoxy) is 1. The van der Waals surface area contributed by atoms with Gasteiger partial charge in [0.2, 0.25) is 5.91 Å². The van der Waals surface area contributed by atoms with E-state index in [1.165, 1.54) is 6.07 Å². The van der Waals surface area contributed by atoms with Gasteiger partial charge in [0.15, 0.2) is 0 Å². The summed E-state index contributed by atoms with van der Waals surface area (Å²) >= 11 is 0. The van der Waals surface area contributed by atoms with Crippen LogP contribution in [-0.4, -0.2) is 56.7 Å². The maximum Gasteiger partial charge on any atom is 0.224 e. The van der Waals surface area contributed by atoms with Gasteiger partial charge < -0.3 is 15.4 Å². The molecule has 2 atom stereocenters. The summed E-state index contributed by atoms with van der Waals surface area (Å²) in [5.74, 6) is -0.109. The van der Waals surface area contributed by atoms with Crippen molar-refractivity contribution in [1.29, 1.82) is 0 Å². The molecule has 2 N–H and O–H groups in total. The Labute approximate surface area is 142 Å².